The molecule has 2 aliphatic rings. The summed E-state index contributed by atoms with van der Waals surface area (Å²) in [6.45, 7) is 4.15. The number of thioether (sulfide) groups is 1. The van der Waals surface area contributed by atoms with E-state index in [1.54, 1.807) is 0 Å². The van der Waals surface area contributed by atoms with E-state index >= 15 is 0 Å². The molecule has 100 valence electrons. The Morgan fingerprint density at radius 2 is 2.35 bits per heavy atom. The molecule has 2 fully saturated rings. The van der Waals surface area contributed by atoms with E-state index in [0.29, 0.717) is 5.92 Å². The van der Waals surface area contributed by atoms with Gasteiger partial charge in [0.15, 0.2) is 0 Å². The van der Waals surface area contributed by atoms with E-state index in [1.807, 2.05) is 7.11 Å². The summed E-state index contributed by atoms with van der Waals surface area (Å²) >= 11 is 2.08. The summed E-state index contributed by atoms with van der Waals surface area (Å²) in [6, 6.07) is 0. The van der Waals surface area contributed by atoms with Crippen LogP contribution in [-0.4, -0.2) is 55.3 Å². The van der Waals surface area contributed by atoms with Gasteiger partial charge in [0.05, 0.1) is 6.61 Å². The van der Waals surface area contributed by atoms with E-state index in [1.165, 1.54) is 50.3 Å². The molecule has 2 unspecified atom stereocenters. The van der Waals surface area contributed by atoms with E-state index in [-0.39, 0.29) is 5.54 Å². The fraction of sp³-hybridized carbons (Fsp3) is 1.00. The van der Waals surface area contributed by atoms with Gasteiger partial charge in [-0.15, -0.1) is 0 Å². The van der Waals surface area contributed by atoms with Crippen LogP contribution in [0.1, 0.15) is 25.7 Å². The van der Waals surface area contributed by atoms with Crippen molar-refractivity contribution in [2.75, 3.05) is 44.9 Å². The lowest BCUT2D eigenvalue weighted by Crippen LogP contribution is -2.60. The molecule has 0 radical (unpaired) electrons. The van der Waals surface area contributed by atoms with Crippen LogP contribution >= 0.6 is 11.8 Å². The Balaban J connectivity index is 1.98. The van der Waals surface area contributed by atoms with Crippen molar-refractivity contribution in [1.29, 1.82) is 0 Å². The van der Waals surface area contributed by atoms with Crippen molar-refractivity contribution in [3.8, 4) is 0 Å². The molecule has 0 aromatic carbocycles. The number of hydrogen-bond donors (Lipinski definition) is 1. The van der Waals surface area contributed by atoms with Crippen LogP contribution in [-0.2, 0) is 4.74 Å². The van der Waals surface area contributed by atoms with Crippen LogP contribution < -0.4 is 5.73 Å². The summed E-state index contributed by atoms with van der Waals surface area (Å²) in [5.41, 5.74) is 6.39. The van der Waals surface area contributed by atoms with Crippen LogP contribution in [0.3, 0.4) is 0 Å². The SMILES string of the molecule is COCC1CCCN(C2(CN)CCCSC2)C1. The van der Waals surface area contributed by atoms with Crippen LogP contribution in [0.5, 0.6) is 0 Å². The monoisotopic (exact) mass is 258 g/mol. The Kier molecular flexibility index (Phi) is 5.15. The molecular weight excluding hydrogens is 232 g/mol. The Morgan fingerprint density at radius 3 is 3.00 bits per heavy atom. The van der Waals surface area contributed by atoms with Gasteiger partial charge >= 0.3 is 0 Å². The Morgan fingerprint density at radius 1 is 1.47 bits per heavy atom. The molecule has 2 N–H and O–H groups in total. The number of piperidine rings is 1. The molecule has 0 saturated carbocycles. The molecule has 2 heterocycles. The van der Waals surface area contributed by atoms with Crippen LogP contribution in [0.15, 0.2) is 0 Å². The second-order valence-corrected chi connectivity index (χ2v) is 6.60. The lowest BCUT2D eigenvalue weighted by atomic mass is 9.88. The van der Waals surface area contributed by atoms with Crippen molar-refractivity contribution in [2.24, 2.45) is 11.7 Å². The van der Waals surface area contributed by atoms with Crippen LogP contribution in [0, 0.1) is 5.92 Å². The van der Waals surface area contributed by atoms with Crippen molar-refractivity contribution >= 4 is 11.8 Å². The minimum absolute atomic E-state index is 0.287. The summed E-state index contributed by atoms with van der Waals surface area (Å²) in [4.78, 5) is 2.67. The predicted molar refractivity (Wildman–Crippen MR) is 74.5 cm³/mol. The fourth-order valence-electron chi connectivity index (χ4n) is 3.24. The lowest BCUT2D eigenvalue weighted by Gasteiger charge is -2.49. The first kappa shape index (κ1) is 13.7. The predicted octanol–water partition coefficient (Wildman–Crippen LogP) is 1.57. The highest BCUT2D eigenvalue weighted by Crippen LogP contribution is 2.34. The third-order valence-electron chi connectivity index (χ3n) is 4.27. The zero-order valence-corrected chi connectivity index (χ0v) is 11.8. The highest BCUT2D eigenvalue weighted by Gasteiger charge is 2.39. The van der Waals surface area contributed by atoms with E-state index in [0.717, 1.165) is 13.2 Å². The van der Waals surface area contributed by atoms with E-state index < -0.39 is 0 Å². The zero-order valence-electron chi connectivity index (χ0n) is 11.0. The van der Waals surface area contributed by atoms with Gasteiger partial charge in [-0.3, -0.25) is 4.90 Å². The zero-order chi connectivity index (χ0) is 12.1. The average Bonchev–Trinajstić information content (AvgIpc) is 2.40. The highest BCUT2D eigenvalue weighted by molar-refractivity contribution is 7.99. The van der Waals surface area contributed by atoms with Crippen LogP contribution in [0.25, 0.3) is 0 Å². The first-order valence-electron chi connectivity index (χ1n) is 6.82. The quantitative estimate of drug-likeness (QED) is 0.831. The number of hydrogen-bond acceptors (Lipinski definition) is 4. The number of nitrogens with two attached hydrogens (primary N) is 1. The second kappa shape index (κ2) is 6.41. The smallest absolute Gasteiger partial charge is 0.0502 e. The van der Waals surface area contributed by atoms with Crippen LogP contribution in [0.2, 0.25) is 0 Å². The third-order valence-corrected chi connectivity index (χ3v) is 5.59. The van der Waals surface area contributed by atoms with Gasteiger partial charge in [0.25, 0.3) is 0 Å². The van der Waals surface area contributed by atoms with E-state index in [2.05, 4.69) is 16.7 Å². The molecular formula is C13H26N2OS. The molecule has 3 nitrogen and oxygen atoms in total. The maximum Gasteiger partial charge on any atom is 0.0502 e. The molecule has 2 saturated heterocycles. The molecule has 0 bridgehead atoms. The van der Waals surface area contributed by atoms with E-state index in [4.69, 9.17) is 10.5 Å². The largest absolute Gasteiger partial charge is 0.384 e. The molecule has 0 aliphatic carbocycles. The summed E-state index contributed by atoms with van der Waals surface area (Å²) in [7, 11) is 1.81. The second-order valence-electron chi connectivity index (χ2n) is 5.49. The van der Waals surface area contributed by atoms with Gasteiger partial charge in [0.2, 0.25) is 0 Å². The van der Waals surface area contributed by atoms with Gasteiger partial charge < -0.3 is 10.5 Å². The number of ether oxygens (including phenoxy) is 1. The van der Waals surface area contributed by atoms with Crippen molar-refractivity contribution in [3.63, 3.8) is 0 Å². The summed E-state index contributed by atoms with van der Waals surface area (Å²) < 4.78 is 5.32. The van der Waals surface area contributed by atoms with Gasteiger partial charge in [-0.25, -0.2) is 0 Å². The summed E-state index contributed by atoms with van der Waals surface area (Å²) in [5, 5.41) is 0. The molecule has 2 aliphatic heterocycles. The average molecular weight is 258 g/mol. The summed E-state index contributed by atoms with van der Waals surface area (Å²) in [6.07, 6.45) is 5.24. The van der Waals surface area contributed by atoms with Crippen molar-refractivity contribution in [1.82, 2.24) is 4.90 Å². The molecule has 0 aromatic heterocycles. The maximum atomic E-state index is 6.10. The normalized spacial score (nSPS) is 36.0. The van der Waals surface area contributed by atoms with Gasteiger partial charge in [0.1, 0.15) is 0 Å². The number of likely N-dealkylation sites (tertiary alicyclic amines) is 1. The molecule has 4 heteroatoms. The highest BCUT2D eigenvalue weighted by atomic mass is 32.2. The Bertz CT molecular complexity index is 229. The molecule has 2 rings (SSSR count). The minimum Gasteiger partial charge on any atom is -0.384 e. The third kappa shape index (κ3) is 3.16. The maximum absolute atomic E-state index is 6.10. The van der Waals surface area contributed by atoms with Crippen molar-refractivity contribution < 1.29 is 4.74 Å². The van der Waals surface area contributed by atoms with E-state index in [9.17, 15) is 0 Å². The van der Waals surface area contributed by atoms with Crippen molar-refractivity contribution in [3.05, 3.63) is 0 Å². The molecule has 2 atom stereocenters. The first-order valence-corrected chi connectivity index (χ1v) is 7.98. The number of nitrogens with zero attached hydrogens (tertiary/aromatic N) is 1. The number of methoxy groups -OCH3 is 1. The van der Waals surface area contributed by atoms with Gasteiger partial charge in [-0.2, -0.15) is 11.8 Å². The standard InChI is InChI=1S/C13H26N2OS/c1-16-9-12-4-2-6-15(8-12)13(10-14)5-3-7-17-11-13/h12H,2-11,14H2,1H3. The lowest BCUT2D eigenvalue weighted by molar-refractivity contribution is 0.0275. The molecule has 0 amide bonds. The molecule has 0 aromatic rings. The summed E-state index contributed by atoms with van der Waals surface area (Å²) in [5.74, 6) is 3.25. The minimum atomic E-state index is 0.287. The fourth-order valence-corrected chi connectivity index (χ4v) is 4.56. The van der Waals surface area contributed by atoms with Gasteiger partial charge in [0, 0.05) is 31.5 Å². The topological polar surface area (TPSA) is 38.5 Å². The number of rotatable bonds is 4. The van der Waals surface area contributed by atoms with Gasteiger partial charge in [-0.1, -0.05) is 0 Å². The molecule has 0 spiro atoms. The molecule has 17 heavy (non-hydrogen) atoms. The van der Waals surface area contributed by atoms with Gasteiger partial charge in [-0.05, 0) is 43.9 Å². The van der Waals surface area contributed by atoms with Crippen LogP contribution in [0.4, 0.5) is 0 Å². The van der Waals surface area contributed by atoms with Crippen molar-refractivity contribution in [2.45, 2.75) is 31.2 Å². The first-order chi connectivity index (χ1) is 8.30. The Labute approximate surface area is 109 Å². The Hall–Kier alpha value is 0.230.